The van der Waals surface area contributed by atoms with Crippen molar-refractivity contribution in [2.45, 2.75) is 75.6 Å². The summed E-state index contributed by atoms with van der Waals surface area (Å²) in [6.45, 7) is 8.81. The van der Waals surface area contributed by atoms with Gasteiger partial charge in [-0.15, -0.1) is 0 Å². The Morgan fingerprint density at radius 3 is 2.12 bits per heavy atom. The van der Waals surface area contributed by atoms with E-state index in [4.69, 9.17) is 32.7 Å². The van der Waals surface area contributed by atoms with Gasteiger partial charge < -0.3 is 25.2 Å². The fourth-order valence-electron chi connectivity index (χ4n) is 3.04. The van der Waals surface area contributed by atoms with Crippen molar-refractivity contribution < 1.29 is 29.0 Å². The summed E-state index contributed by atoms with van der Waals surface area (Å²) in [6.07, 6.45) is -2.16. The Kier molecular flexibility index (Phi) is 10.9. The number of hydrogen-bond acceptors (Lipinski definition) is 6. The summed E-state index contributed by atoms with van der Waals surface area (Å²) >= 11 is 12.6. The monoisotopic (exact) mass is 504 g/mol. The Morgan fingerprint density at radius 2 is 1.64 bits per heavy atom. The summed E-state index contributed by atoms with van der Waals surface area (Å²) in [5, 5.41) is 16.0. The molecule has 3 atom stereocenters. The molecule has 0 bridgehead atoms. The number of amides is 2. The van der Waals surface area contributed by atoms with Gasteiger partial charge in [0.05, 0.1) is 13.2 Å². The van der Waals surface area contributed by atoms with Gasteiger partial charge in [0.1, 0.15) is 17.7 Å². The number of halogens is 2. The van der Waals surface area contributed by atoms with E-state index < -0.39 is 46.1 Å². The lowest BCUT2D eigenvalue weighted by Gasteiger charge is -2.33. The molecule has 1 rings (SSSR count). The fourth-order valence-corrected chi connectivity index (χ4v) is 3.45. The smallest absolute Gasteiger partial charge is 0.407 e. The Labute approximate surface area is 205 Å². The molecule has 0 aromatic heterocycles. The molecule has 186 valence electrons. The second-order valence-electron chi connectivity index (χ2n) is 9.19. The minimum Gasteiger partial charge on any atom is -0.467 e. The second kappa shape index (κ2) is 12.4. The summed E-state index contributed by atoms with van der Waals surface area (Å²) in [5.74, 6) is -1.60. The Balaban J connectivity index is 3.12. The zero-order valence-corrected chi connectivity index (χ0v) is 21.4. The number of hydrogen-bond donors (Lipinski definition) is 3. The number of carbonyl (C=O) groups excluding carboxylic acids is 3. The lowest BCUT2D eigenvalue weighted by molar-refractivity contribution is -0.146. The van der Waals surface area contributed by atoms with Crippen molar-refractivity contribution in [3.05, 3.63) is 35.9 Å². The number of aliphatic hydroxyl groups excluding tert-OH is 1. The molecule has 10 heteroatoms. The van der Waals surface area contributed by atoms with Crippen molar-refractivity contribution in [1.29, 1.82) is 0 Å². The number of aliphatic hydroxyl groups is 1. The first kappa shape index (κ1) is 29.0. The van der Waals surface area contributed by atoms with E-state index in [2.05, 4.69) is 10.6 Å². The highest BCUT2D eigenvalue weighted by Crippen LogP contribution is 2.30. The maximum absolute atomic E-state index is 12.9. The van der Waals surface area contributed by atoms with Crippen molar-refractivity contribution >= 4 is 41.2 Å². The molecule has 0 saturated heterocycles. The van der Waals surface area contributed by atoms with Crippen LogP contribution < -0.4 is 10.6 Å². The molecule has 8 nitrogen and oxygen atoms in total. The van der Waals surface area contributed by atoms with Crippen LogP contribution in [0.4, 0.5) is 4.79 Å². The zero-order valence-electron chi connectivity index (χ0n) is 19.9. The number of ether oxygens (including phenoxy) is 2. The largest absolute Gasteiger partial charge is 0.467 e. The van der Waals surface area contributed by atoms with Crippen molar-refractivity contribution in [3.63, 3.8) is 0 Å². The number of alkyl carbamates (subject to hydrolysis) is 1. The first-order valence-electron chi connectivity index (χ1n) is 10.7. The van der Waals surface area contributed by atoms with Gasteiger partial charge in [-0.05, 0) is 45.1 Å². The Hall–Kier alpha value is -2.03. The van der Waals surface area contributed by atoms with Gasteiger partial charge in [0.2, 0.25) is 4.33 Å². The summed E-state index contributed by atoms with van der Waals surface area (Å²) in [7, 11) is 1.20. The molecule has 0 aliphatic carbocycles. The van der Waals surface area contributed by atoms with Gasteiger partial charge in [0.15, 0.2) is 0 Å². The highest BCUT2D eigenvalue weighted by atomic mass is 35.5. The van der Waals surface area contributed by atoms with Gasteiger partial charge in [-0.25, -0.2) is 9.59 Å². The van der Waals surface area contributed by atoms with Crippen LogP contribution in [0.5, 0.6) is 0 Å². The molecule has 1 aromatic rings. The summed E-state index contributed by atoms with van der Waals surface area (Å²) < 4.78 is 7.62. The molecule has 33 heavy (non-hydrogen) atoms. The van der Waals surface area contributed by atoms with Crippen molar-refractivity contribution in [1.82, 2.24) is 10.6 Å². The van der Waals surface area contributed by atoms with Crippen LogP contribution in [-0.4, -0.2) is 58.3 Å². The summed E-state index contributed by atoms with van der Waals surface area (Å²) in [6, 6.07) is 6.90. The molecule has 3 N–H and O–H groups in total. The van der Waals surface area contributed by atoms with Gasteiger partial charge in [0.25, 0.3) is 5.91 Å². The van der Waals surface area contributed by atoms with E-state index in [0.29, 0.717) is 0 Å². The molecule has 0 spiro atoms. The maximum atomic E-state index is 12.9. The number of rotatable bonds is 10. The number of carbonyl (C=O) groups is 3. The topological polar surface area (TPSA) is 114 Å². The molecule has 0 aliphatic rings. The van der Waals surface area contributed by atoms with E-state index in [0.717, 1.165) is 5.56 Å². The van der Waals surface area contributed by atoms with E-state index in [9.17, 15) is 19.5 Å². The third kappa shape index (κ3) is 9.78. The average molecular weight is 505 g/mol. The predicted octanol–water partition coefficient (Wildman–Crippen LogP) is 3.36. The van der Waals surface area contributed by atoms with Gasteiger partial charge >= 0.3 is 12.1 Å². The SMILES string of the molecule is COC(=O)[C@H](CC(C)C)NC(=O)C(Cl)(Cl)[C@H](O)[C@H](Cc1ccccc1)NC(=O)OC(C)(C)C. The minimum absolute atomic E-state index is 0.0547. The molecule has 0 radical (unpaired) electrons. The van der Waals surface area contributed by atoms with Crippen molar-refractivity contribution in [2.75, 3.05) is 7.11 Å². The third-order valence-electron chi connectivity index (χ3n) is 4.55. The third-order valence-corrected chi connectivity index (χ3v) is 5.34. The molecule has 2 amide bonds. The van der Waals surface area contributed by atoms with Gasteiger partial charge in [-0.1, -0.05) is 67.4 Å². The Bertz CT molecular complexity index is 796. The standard InChI is InChI=1S/C23H34Cl2N2O6/c1-14(2)12-17(19(29)32-6)26-20(30)23(24,25)18(28)16(13-15-10-8-7-9-11-15)27-21(31)33-22(3,4)5/h7-11,14,16-18,28H,12-13H2,1-6H3,(H,26,30)(H,27,31)/t16-,17-,18+/m0/s1. The van der Waals surface area contributed by atoms with Crippen LogP contribution in [0, 0.1) is 5.92 Å². The lowest BCUT2D eigenvalue weighted by Crippen LogP contribution is -2.59. The van der Waals surface area contributed by atoms with Gasteiger partial charge in [0, 0.05) is 0 Å². The maximum Gasteiger partial charge on any atom is 0.407 e. The predicted molar refractivity (Wildman–Crippen MR) is 127 cm³/mol. The molecule has 0 fully saturated rings. The quantitative estimate of drug-likeness (QED) is 0.332. The van der Waals surface area contributed by atoms with E-state index in [-0.39, 0.29) is 18.8 Å². The lowest BCUT2D eigenvalue weighted by atomic mass is 9.97. The first-order valence-corrected chi connectivity index (χ1v) is 11.4. The highest BCUT2D eigenvalue weighted by molar-refractivity contribution is 6.58. The molecule has 0 heterocycles. The van der Waals surface area contributed by atoms with Crippen LogP contribution in [-0.2, 0) is 25.5 Å². The molecular weight excluding hydrogens is 471 g/mol. The van der Waals surface area contributed by atoms with Crippen molar-refractivity contribution in [3.8, 4) is 0 Å². The van der Waals surface area contributed by atoms with Gasteiger partial charge in [-0.2, -0.15) is 0 Å². The van der Waals surface area contributed by atoms with Crippen LogP contribution in [0.2, 0.25) is 0 Å². The first-order chi connectivity index (χ1) is 15.2. The van der Waals surface area contributed by atoms with Crippen LogP contribution in [0.25, 0.3) is 0 Å². The van der Waals surface area contributed by atoms with Crippen LogP contribution >= 0.6 is 23.2 Å². The van der Waals surface area contributed by atoms with Crippen LogP contribution in [0.15, 0.2) is 30.3 Å². The summed E-state index contributed by atoms with van der Waals surface area (Å²) in [4.78, 5) is 37.4. The van der Waals surface area contributed by atoms with E-state index in [1.54, 1.807) is 45.0 Å². The zero-order chi connectivity index (χ0) is 25.4. The molecule has 1 aromatic carbocycles. The van der Waals surface area contributed by atoms with Gasteiger partial charge in [-0.3, -0.25) is 4.79 Å². The summed E-state index contributed by atoms with van der Waals surface area (Å²) in [5.41, 5.74) is -0.0257. The number of nitrogens with one attached hydrogen (secondary N) is 2. The molecule has 0 aliphatic heterocycles. The number of esters is 1. The van der Waals surface area contributed by atoms with Crippen LogP contribution in [0.1, 0.15) is 46.6 Å². The fraction of sp³-hybridized carbons (Fsp3) is 0.609. The van der Waals surface area contributed by atoms with E-state index >= 15 is 0 Å². The highest BCUT2D eigenvalue weighted by Gasteiger charge is 2.47. The molecular formula is C23H34Cl2N2O6. The normalized spacial score (nSPS) is 14.7. The number of alkyl halides is 2. The minimum atomic E-state index is -2.39. The average Bonchev–Trinajstić information content (AvgIpc) is 2.70. The Morgan fingerprint density at radius 1 is 1.06 bits per heavy atom. The van der Waals surface area contributed by atoms with Crippen molar-refractivity contribution in [2.24, 2.45) is 5.92 Å². The number of benzene rings is 1. The van der Waals surface area contributed by atoms with Crippen LogP contribution in [0.3, 0.4) is 0 Å². The van der Waals surface area contributed by atoms with E-state index in [1.165, 1.54) is 7.11 Å². The molecule has 0 saturated carbocycles. The van der Waals surface area contributed by atoms with E-state index in [1.807, 2.05) is 19.9 Å². The number of methoxy groups -OCH3 is 1. The molecule has 0 unspecified atom stereocenters. The second-order valence-corrected chi connectivity index (χ2v) is 10.6.